The molecule has 0 aliphatic heterocycles. The highest BCUT2D eigenvalue weighted by molar-refractivity contribution is 9.10. The van der Waals surface area contributed by atoms with E-state index in [-0.39, 0.29) is 11.6 Å². The lowest BCUT2D eigenvalue weighted by atomic mass is 10.3. The van der Waals surface area contributed by atoms with E-state index >= 15 is 0 Å². The standard InChI is InChI=1S/C13H10BrFN4O/c1-20-8-2-3-9(15)11(5-8)19-12-10(18-13(19)16)4-7(14)6-17-12/h2-6H,1H3,(H2,16,18). The van der Waals surface area contributed by atoms with E-state index in [0.717, 1.165) is 4.47 Å². The fourth-order valence-corrected chi connectivity index (χ4v) is 2.31. The minimum Gasteiger partial charge on any atom is -0.497 e. The first kappa shape index (κ1) is 12.9. The summed E-state index contributed by atoms with van der Waals surface area (Å²) in [7, 11) is 1.52. The summed E-state index contributed by atoms with van der Waals surface area (Å²) in [4.78, 5) is 8.43. The summed E-state index contributed by atoms with van der Waals surface area (Å²) in [6, 6.07) is 6.18. The zero-order valence-electron chi connectivity index (χ0n) is 10.5. The predicted octanol–water partition coefficient (Wildman–Crippen LogP) is 2.91. The molecular weight excluding hydrogens is 327 g/mol. The van der Waals surface area contributed by atoms with Crippen LogP contribution in [0.3, 0.4) is 0 Å². The molecule has 0 radical (unpaired) electrons. The van der Waals surface area contributed by atoms with Crippen LogP contribution in [0.25, 0.3) is 16.9 Å². The van der Waals surface area contributed by atoms with Gasteiger partial charge in [0.05, 0.1) is 12.8 Å². The van der Waals surface area contributed by atoms with Crippen molar-refractivity contribution in [1.82, 2.24) is 14.5 Å². The van der Waals surface area contributed by atoms with E-state index in [4.69, 9.17) is 10.5 Å². The van der Waals surface area contributed by atoms with Crippen LogP contribution in [0.5, 0.6) is 5.75 Å². The lowest BCUT2D eigenvalue weighted by Gasteiger charge is -2.09. The fraction of sp³-hybridized carbons (Fsp3) is 0.0769. The number of fused-ring (bicyclic) bond motifs is 1. The van der Waals surface area contributed by atoms with Crippen molar-refractivity contribution in [2.45, 2.75) is 0 Å². The smallest absolute Gasteiger partial charge is 0.207 e. The first-order chi connectivity index (χ1) is 9.60. The Balaban J connectivity index is 2.31. The Kier molecular flexibility index (Phi) is 3.06. The van der Waals surface area contributed by atoms with Crippen LogP contribution in [0, 0.1) is 5.82 Å². The zero-order valence-corrected chi connectivity index (χ0v) is 12.1. The summed E-state index contributed by atoms with van der Waals surface area (Å²) in [5.74, 6) is 0.263. The molecule has 0 atom stereocenters. The van der Waals surface area contributed by atoms with Crippen LogP contribution < -0.4 is 10.5 Å². The average molecular weight is 337 g/mol. The minimum absolute atomic E-state index is 0.165. The minimum atomic E-state index is -0.429. The molecule has 0 amide bonds. The number of ether oxygens (including phenoxy) is 1. The monoisotopic (exact) mass is 336 g/mol. The number of halogens is 2. The molecule has 2 N–H and O–H groups in total. The molecule has 0 unspecified atom stereocenters. The number of aromatic nitrogens is 3. The molecule has 102 valence electrons. The molecule has 2 aromatic heterocycles. The number of methoxy groups -OCH3 is 1. The predicted molar refractivity (Wildman–Crippen MR) is 77.5 cm³/mol. The summed E-state index contributed by atoms with van der Waals surface area (Å²) in [6.07, 6.45) is 1.61. The van der Waals surface area contributed by atoms with Gasteiger partial charge in [-0.1, -0.05) is 0 Å². The number of nitrogens with zero attached hydrogens (tertiary/aromatic N) is 3. The van der Waals surface area contributed by atoms with Gasteiger partial charge in [-0.05, 0) is 34.1 Å². The Morgan fingerprint density at radius 3 is 2.90 bits per heavy atom. The number of hydrogen-bond acceptors (Lipinski definition) is 4. The maximum atomic E-state index is 14.1. The van der Waals surface area contributed by atoms with Gasteiger partial charge in [0.1, 0.15) is 17.1 Å². The third-order valence-electron chi connectivity index (χ3n) is 2.88. The number of nitrogens with two attached hydrogens (primary N) is 1. The van der Waals surface area contributed by atoms with Gasteiger partial charge in [-0.15, -0.1) is 0 Å². The Hall–Kier alpha value is -2.15. The van der Waals surface area contributed by atoms with Gasteiger partial charge in [0, 0.05) is 16.7 Å². The van der Waals surface area contributed by atoms with E-state index in [9.17, 15) is 4.39 Å². The number of benzene rings is 1. The normalized spacial score (nSPS) is 10.9. The van der Waals surface area contributed by atoms with Crippen molar-refractivity contribution in [3.05, 3.63) is 40.8 Å². The van der Waals surface area contributed by atoms with E-state index in [1.54, 1.807) is 18.3 Å². The van der Waals surface area contributed by atoms with Gasteiger partial charge in [-0.3, -0.25) is 4.57 Å². The number of nitrogen functional groups attached to an aromatic ring is 1. The number of imidazole rings is 1. The molecule has 20 heavy (non-hydrogen) atoms. The van der Waals surface area contributed by atoms with Gasteiger partial charge in [0.25, 0.3) is 0 Å². The first-order valence-corrected chi connectivity index (χ1v) is 6.53. The van der Waals surface area contributed by atoms with Crippen LogP contribution in [0.15, 0.2) is 34.9 Å². The third-order valence-corrected chi connectivity index (χ3v) is 3.32. The highest BCUT2D eigenvalue weighted by Gasteiger charge is 2.15. The fourth-order valence-electron chi connectivity index (χ4n) is 1.99. The molecule has 5 nitrogen and oxygen atoms in total. The summed E-state index contributed by atoms with van der Waals surface area (Å²) in [6.45, 7) is 0. The van der Waals surface area contributed by atoms with E-state index in [1.807, 2.05) is 0 Å². The first-order valence-electron chi connectivity index (χ1n) is 5.73. The molecular formula is C13H10BrFN4O. The zero-order chi connectivity index (χ0) is 14.3. The van der Waals surface area contributed by atoms with Crippen LogP contribution in [0.2, 0.25) is 0 Å². The van der Waals surface area contributed by atoms with Gasteiger partial charge < -0.3 is 10.5 Å². The number of pyridine rings is 1. The molecule has 0 saturated heterocycles. The van der Waals surface area contributed by atoms with Crippen molar-refractivity contribution in [2.75, 3.05) is 12.8 Å². The van der Waals surface area contributed by atoms with E-state index in [2.05, 4.69) is 25.9 Å². The third kappa shape index (κ3) is 2.00. The Bertz CT molecular complexity index is 802. The number of anilines is 1. The lowest BCUT2D eigenvalue weighted by Crippen LogP contribution is -2.04. The molecule has 3 aromatic rings. The van der Waals surface area contributed by atoms with Crippen molar-refractivity contribution in [2.24, 2.45) is 0 Å². The van der Waals surface area contributed by atoms with E-state index < -0.39 is 5.82 Å². The molecule has 0 bridgehead atoms. The second-order valence-corrected chi connectivity index (χ2v) is 5.03. The SMILES string of the molecule is COc1ccc(F)c(-n2c(N)nc3cc(Br)cnc32)c1. The van der Waals surface area contributed by atoms with Crippen LogP contribution in [0.4, 0.5) is 10.3 Å². The van der Waals surface area contributed by atoms with E-state index in [1.165, 1.54) is 23.8 Å². The molecule has 1 aromatic carbocycles. The summed E-state index contributed by atoms with van der Waals surface area (Å²) >= 11 is 3.31. The lowest BCUT2D eigenvalue weighted by molar-refractivity contribution is 0.413. The molecule has 0 aliphatic rings. The highest BCUT2D eigenvalue weighted by Crippen LogP contribution is 2.27. The van der Waals surface area contributed by atoms with Gasteiger partial charge in [0.2, 0.25) is 5.95 Å². The molecule has 2 heterocycles. The molecule has 3 rings (SSSR count). The van der Waals surface area contributed by atoms with Gasteiger partial charge in [-0.25, -0.2) is 14.4 Å². The van der Waals surface area contributed by atoms with Gasteiger partial charge in [0.15, 0.2) is 5.65 Å². The number of rotatable bonds is 2. The largest absolute Gasteiger partial charge is 0.497 e. The Morgan fingerprint density at radius 1 is 1.35 bits per heavy atom. The van der Waals surface area contributed by atoms with Crippen molar-refractivity contribution < 1.29 is 9.13 Å². The summed E-state index contributed by atoms with van der Waals surface area (Å²) in [5.41, 5.74) is 7.20. The summed E-state index contributed by atoms with van der Waals surface area (Å²) in [5, 5.41) is 0. The molecule has 0 spiro atoms. The maximum Gasteiger partial charge on any atom is 0.207 e. The average Bonchev–Trinajstić information content (AvgIpc) is 2.74. The van der Waals surface area contributed by atoms with Gasteiger partial charge >= 0.3 is 0 Å². The molecule has 0 fully saturated rings. The second kappa shape index (κ2) is 4.75. The maximum absolute atomic E-state index is 14.1. The number of hydrogen-bond donors (Lipinski definition) is 1. The summed E-state index contributed by atoms with van der Waals surface area (Å²) < 4.78 is 21.4. The van der Waals surface area contributed by atoms with Crippen molar-refractivity contribution in [3.63, 3.8) is 0 Å². The van der Waals surface area contributed by atoms with E-state index in [0.29, 0.717) is 16.9 Å². The molecule has 7 heteroatoms. The van der Waals surface area contributed by atoms with Crippen LogP contribution in [-0.2, 0) is 0 Å². The quantitative estimate of drug-likeness (QED) is 0.781. The van der Waals surface area contributed by atoms with Crippen molar-refractivity contribution in [3.8, 4) is 11.4 Å². The molecule has 0 saturated carbocycles. The topological polar surface area (TPSA) is 66.0 Å². The van der Waals surface area contributed by atoms with Crippen molar-refractivity contribution >= 4 is 33.0 Å². The van der Waals surface area contributed by atoms with Crippen LogP contribution in [-0.4, -0.2) is 21.6 Å². The second-order valence-electron chi connectivity index (χ2n) is 4.12. The Labute approximate surface area is 122 Å². The van der Waals surface area contributed by atoms with Crippen LogP contribution in [0.1, 0.15) is 0 Å². The molecule has 0 aliphatic carbocycles. The van der Waals surface area contributed by atoms with Crippen molar-refractivity contribution in [1.29, 1.82) is 0 Å². The van der Waals surface area contributed by atoms with Gasteiger partial charge in [-0.2, -0.15) is 0 Å². The van der Waals surface area contributed by atoms with Crippen LogP contribution >= 0.6 is 15.9 Å². The highest BCUT2D eigenvalue weighted by atomic mass is 79.9. The Morgan fingerprint density at radius 2 is 2.15 bits per heavy atom.